The van der Waals surface area contributed by atoms with Gasteiger partial charge in [-0.2, -0.15) is 0 Å². The molecule has 1 amide bonds. The molecule has 0 bridgehead atoms. The minimum atomic E-state index is 0.110. The van der Waals surface area contributed by atoms with E-state index in [9.17, 15) is 4.79 Å². The van der Waals surface area contributed by atoms with Crippen LogP contribution in [0.1, 0.15) is 43.0 Å². The molecule has 1 saturated heterocycles. The number of pyridine rings is 1. The number of aromatic nitrogens is 1. The zero-order valence-electron chi connectivity index (χ0n) is 13.8. The van der Waals surface area contributed by atoms with Crippen LogP contribution in [0.5, 0.6) is 0 Å². The van der Waals surface area contributed by atoms with Crippen molar-refractivity contribution in [3.05, 3.63) is 52.6 Å². The third-order valence-electron chi connectivity index (χ3n) is 4.50. The van der Waals surface area contributed by atoms with Gasteiger partial charge < -0.3 is 10.2 Å². The quantitative estimate of drug-likeness (QED) is 0.803. The van der Waals surface area contributed by atoms with E-state index in [2.05, 4.69) is 33.2 Å². The predicted molar refractivity (Wildman–Crippen MR) is 101 cm³/mol. The smallest absolute Gasteiger partial charge is 0.254 e. The van der Waals surface area contributed by atoms with Crippen molar-refractivity contribution in [1.82, 2.24) is 9.88 Å². The number of nitrogens with zero attached hydrogens (tertiary/aromatic N) is 2. The number of amides is 1. The SMILES string of the molecule is CCC1CCCCN1C(=O)c1ccnc(Nc2ccccc2Br)c1. The van der Waals surface area contributed by atoms with Crippen LogP contribution in [0.25, 0.3) is 0 Å². The van der Waals surface area contributed by atoms with Crippen LogP contribution >= 0.6 is 15.9 Å². The number of carbonyl (C=O) groups excluding carboxylic acids is 1. The van der Waals surface area contributed by atoms with Crippen molar-refractivity contribution in [1.29, 1.82) is 0 Å². The second kappa shape index (κ2) is 7.79. The fourth-order valence-corrected chi connectivity index (χ4v) is 3.57. The normalized spacial score (nSPS) is 17.6. The Labute approximate surface area is 151 Å². The van der Waals surface area contributed by atoms with Gasteiger partial charge in [0.05, 0.1) is 5.69 Å². The molecule has 1 aromatic heterocycles. The third kappa shape index (κ3) is 3.78. The topological polar surface area (TPSA) is 45.2 Å². The molecule has 1 aliphatic rings. The van der Waals surface area contributed by atoms with Gasteiger partial charge in [-0.1, -0.05) is 19.1 Å². The molecule has 4 nitrogen and oxygen atoms in total. The van der Waals surface area contributed by atoms with Gasteiger partial charge >= 0.3 is 0 Å². The number of hydrogen-bond donors (Lipinski definition) is 1. The van der Waals surface area contributed by atoms with E-state index < -0.39 is 0 Å². The zero-order valence-corrected chi connectivity index (χ0v) is 15.4. The molecule has 0 radical (unpaired) electrons. The van der Waals surface area contributed by atoms with Gasteiger partial charge in [-0.15, -0.1) is 0 Å². The lowest BCUT2D eigenvalue weighted by Gasteiger charge is -2.35. The number of likely N-dealkylation sites (tertiary alicyclic amines) is 1. The third-order valence-corrected chi connectivity index (χ3v) is 5.19. The summed E-state index contributed by atoms with van der Waals surface area (Å²) in [6, 6.07) is 11.9. The van der Waals surface area contributed by atoms with Crippen LogP contribution in [0, 0.1) is 0 Å². The lowest BCUT2D eigenvalue weighted by Crippen LogP contribution is -2.43. The minimum absolute atomic E-state index is 0.110. The van der Waals surface area contributed by atoms with Gasteiger partial charge in [0.15, 0.2) is 0 Å². The van der Waals surface area contributed by atoms with Crippen LogP contribution in [0.15, 0.2) is 47.1 Å². The van der Waals surface area contributed by atoms with Crippen LogP contribution in [-0.4, -0.2) is 28.4 Å². The van der Waals surface area contributed by atoms with Gasteiger partial charge in [-0.25, -0.2) is 4.98 Å². The molecule has 5 heteroatoms. The van der Waals surface area contributed by atoms with Crippen molar-refractivity contribution in [3.63, 3.8) is 0 Å². The molecular weight excluding hydrogens is 366 g/mol. The van der Waals surface area contributed by atoms with Gasteiger partial charge in [-0.05, 0) is 65.9 Å². The monoisotopic (exact) mass is 387 g/mol. The summed E-state index contributed by atoms with van der Waals surface area (Å²) in [4.78, 5) is 19.3. The lowest BCUT2D eigenvalue weighted by atomic mass is 9.99. The Hall–Kier alpha value is -1.88. The predicted octanol–water partition coefficient (Wildman–Crippen LogP) is 4.99. The maximum Gasteiger partial charge on any atom is 0.254 e. The van der Waals surface area contributed by atoms with Gasteiger partial charge in [0.25, 0.3) is 5.91 Å². The molecule has 2 aromatic rings. The van der Waals surface area contributed by atoms with Crippen LogP contribution in [0.2, 0.25) is 0 Å². The highest BCUT2D eigenvalue weighted by Gasteiger charge is 2.26. The lowest BCUT2D eigenvalue weighted by molar-refractivity contribution is 0.0608. The number of para-hydroxylation sites is 1. The molecule has 3 rings (SSSR count). The van der Waals surface area contributed by atoms with Crippen molar-refractivity contribution in [2.24, 2.45) is 0 Å². The average Bonchev–Trinajstić information content (AvgIpc) is 2.63. The molecule has 1 N–H and O–H groups in total. The molecule has 1 aromatic carbocycles. The fourth-order valence-electron chi connectivity index (χ4n) is 3.19. The largest absolute Gasteiger partial charge is 0.339 e. The van der Waals surface area contributed by atoms with Gasteiger partial charge in [0.1, 0.15) is 5.82 Å². The zero-order chi connectivity index (χ0) is 16.9. The summed E-state index contributed by atoms with van der Waals surface area (Å²) in [5.41, 5.74) is 1.62. The first-order valence-corrected chi connectivity index (χ1v) is 9.27. The molecule has 24 heavy (non-hydrogen) atoms. The fraction of sp³-hybridized carbons (Fsp3) is 0.368. The molecule has 0 saturated carbocycles. The van der Waals surface area contributed by atoms with E-state index in [1.54, 1.807) is 12.3 Å². The highest BCUT2D eigenvalue weighted by molar-refractivity contribution is 9.10. The average molecular weight is 388 g/mol. The van der Waals surface area contributed by atoms with E-state index in [1.807, 2.05) is 35.2 Å². The summed E-state index contributed by atoms with van der Waals surface area (Å²) in [5, 5.41) is 3.27. The first kappa shape index (κ1) is 17.0. The highest BCUT2D eigenvalue weighted by atomic mass is 79.9. The van der Waals surface area contributed by atoms with Crippen molar-refractivity contribution in [3.8, 4) is 0 Å². The van der Waals surface area contributed by atoms with Gasteiger partial charge in [0, 0.05) is 28.8 Å². The van der Waals surface area contributed by atoms with Crippen molar-refractivity contribution >= 4 is 33.3 Å². The standard InChI is InChI=1S/C19H22BrN3O/c1-2-15-7-5-6-12-23(15)19(24)14-10-11-21-18(13-14)22-17-9-4-3-8-16(17)20/h3-4,8-11,13,15H,2,5-7,12H2,1H3,(H,21,22). The van der Waals surface area contributed by atoms with Crippen LogP contribution in [0.3, 0.4) is 0 Å². The van der Waals surface area contributed by atoms with E-state index in [1.165, 1.54) is 6.42 Å². The molecule has 1 aliphatic heterocycles. The maximum absolute atomic E-state index is 12.9. The number of nitrogens with one attached hydrogen (secondary N) is 1. The molecule has 126 valence electrons. The van der Waals surface area contributed by atoms with E-state index >= 15 is 0 Å². The van der Waals surface area contributed by atoms with Gasteiger partial charge in [-0.3, -0.25) is 4.79 Å². The Morgan fingerprint density at radius 2 is 2.17 bits per heavy atom. The van der Waals surface area contributed by atoms with E-state index in [4.69, 9.17) is 0 Å². The van der Waals surface area contributed by atoms with E-state index in [0.717, 1.165) is 36.0 Å². The second-order valence-corrected chi connectivity index (χ2v) is 6.95. The van der Waals surface area contributed by atoms with Crippen LogP contribution < -0.4 is 5.32 Å². The van der Waals surface area contributed by atoms with Crippen molar-refractivity contribution in [2.75, 3.05) is 11.9 Å². The molecule has 2 heterocycles. The second-order valence-electron chi connectivity index (χ2n) is 6.09. The van der Waals surface area contributed by atoms with Crippen molar-refractivity contribution in [2.45, 2.75) is 38.6 Å². The maximum atomic E-state index is 12.9. The molecule has 1 atom stereocenters. The Morgan fingerprint density at radius 1 is 1.33 bits per heavy atom. The van der Waals surface area contributed by atoms with Crippen LogP contribution in [-0.2, 0) is 0 Å². The van der Waals surface area contributed by atoms with E-state index in [0.29, 0.717) is 17.4 Å². The van der Waals surface area contributed by atoms with Crippen molar-refractivity contribution < 1.29 is 4.79 Å². The summed E-state index contributed by atoms with van der Waals surface area (Å²) in [6.45, 7) is 3.01. The summed E-state index contributed by atoms with van der Waals surface area (Å²) < 4.78 is 0.964. The van der Waals surface area contributed by atoms with Crippen LogP contribution in [0.4, 0.5) is 11.5 Å². The first-order chi connectivity index (χ1) is 11.7. The number of carbonyl (C=O) groups is 1. The number of hydrogen-bond acceptors (Lipinski definition) is 3. The Morgan fingerprint density at radius 3 is 2.96 bits per heavy atom. The summed E-state index contributed by atoms with van der Waals surface area (Å²) in [6.07, 6.45) is 6.12. The summed E-state index contributed by atoms with van der Waals surface area (Å²) >= 11 is 3.52. The highest BCUT2D eigenvalue weighted by Crippen LogP contribution is 2.26. The summed E-state index contributed by atoms with van der Waals surface area (Å²) in [7, 11) is 0. The first-order valence-electron chi connectivity index (χ1n) is 8.47. The Balaban J connectivity index is 1.79. The molecule has 0 aliphatic carbocycles. The van der Waals surface area contributed by atoms with E-state index in [-0.39, 0.29) is 5.91 Å². The number of benzene rings is 1. The molecule has 1 fully saturated rings. The summed E-state index contributed by atoms with van der Waals surface area (Å²) in [5.74, 6) is 0.789. The molecule has 0 spiro atoms. The minimum Gasteiger partial charge on any atom is -0.339 e. The Kier molecular flexibility index (Phi) is 5.51. The molecule has 1 unspecified atom stereocenters. The number of piperidine rings is 1. The molecular formula is C19H22BrN3O. The number of halogens is 1. The Bertz CT molecular complexity index is 719. The number of rotatable bonds is 4. The number of anilines is 2. The van der Waals surface area contributed by atoms with Gasteiger partial charge in [0.2, 0.25) is 0 Å².